The summed E-state index contributed by atoms with van der Waals surface area (Å²) in [6, 6.07) is 7.01. The van der Waals surface area contributed by atoms with Gasteiger partial charge in [0.2, 0.25) is 0 Å². The van der Waals surface area contributed by atoms with E-state index in [-0.39, 0.29) is 17.7 Å². The summed E-state index contributed by atoms with van der Waals surface area (Å²) in [4.78, 5) is 34.6. The maximum absolute atomic E-state index is 13.0. The predicted octanol–water partition coefficient (Wildman–Crippen LogP) is 4.05. The van der Waals surface area contributed by atoms with Crippen LogP contribution in [-0.4, -0.2) is 64.4 Å². The Bertz CT molecular complexity index is 1250. The number of carbonyl (C=O) groups excluding carboxylic acids is 1. The molecule has 0 saturated heterocycles. The van der Waals surface area contributed by atoms with Crippen molar-refractivity contribution in [1.82, 2.24) is 20.3 Å². The lowest BCUT2D eigenvalue weighted by molar-refractivity contribution is -0.192. The summed E-state index contributed by atoms with van der Waals surface area (Å²) in [7, 11) is 3.79. The van der Waals surface area contributed by atoms with Crippen LogP contribution in [0.25, 0.3) is 22.5 Å². The number of pyridine rings is 2. The van der Waals surface area contributed by atoms with E-state index in [1.807, 2.05) is 42.5 Å². The molecule has 0 fully saturated rings. The summed E-state index contributed by atoms with van der Waals surface area (Å²) in [5, 5.41) is 9.15. The number of hydrogen-bond donors (Lipinski definition) is 3. The Morgan fingerprint density at radius 1 is 1.06 bits per heavy atom. The van der Waals surface area contributed by atoms with Gasteiger partial charge in [0.15, 0.2) is 0 Å². The van der Waals surface area contributed by atoms with Crippen molar-refractivity contribution in [3.63, 3.8) is 0 Å². The quantitative estimate of drug-likeness (QED) is 0.454. The number of H-pyrrole nitrogens is 1. The first-order valence-corrected chi connectivity index (χ1v) is 10.2. The van der Waals surface area contributed by atoms with E-state index in [0.29, 0.717) is 11.4 Å². The number of hydrogen-bond acceptors (Lipinski definition) is 5. The van der Waals surface area contributed by atoms with Gasteiger partial charge in [0.05, 0.1) is 11.3 Å². The van der Waals surface area contributed by atoms with Gasteiger partial charge in [0.1, 0.15) is 11.9 Å². The van der Waals surface area contributed by atoms with Crippen LogP contribution < -0.4 is 10.2 Å². The average molecular weight is 515 g/mol. The lowest BCUT2D eigenvalue weighted by Gasteiger charge is -2.25. The van der Waals surface area contributed by atoms with Crippen LogP contribution in [0.5, 0.6) is 0 Å². The molecule has 0 spiro atoms. The number of amides is 1. The maximum atomic E-state index is 13.0. The highest BCUT2D eigenvalue weighted by Crippen LogP contribution is 2.31. The van der Waals surface area contributed by atoms with Crippen LogP contribution in [0.4, 0.5) is 32.2 Å². The summed E-state index contributed by atoms with van der Waals surface area (Å²) < 4.78 is 70.8. The van der Waals surface area contributed by atoms with Crippen molar-refractivity contribution < 1.29 is 41.0 Å². The number of carbonyl (C=O) groups is 2. The van der Waals surface area contributed by atoms with E-state index >= 15 is 0 Å². The number of carboxylic acid groups (broad SMARTS) is 1. The van der Waals surface area contributed by atoms with E-state index in [4.69, 9.17) is 9.90 Å². The average Bonchev–Trinajstić information content (AvgIpc) is 3.24. The van der Waals surface area contributed by atoms with Gasteiger partial charge < -0.3 is 20.3 Å². The summed E-state index contributed by atoms with van der Waals surface area (Å²) in [6.45, 7) is 0. The fourth-order valence-electron chi connectivity index (χ4n) is 3.26. The van der Waals surface area contributed by atoms with Crippen LogP contribution in [0.3, 0.4) is 0 Å². The number of fused-ring (bicyclic) bond motifs is 1. The molecule has 0 aliphatic carbocycles. The molecule has 1 unspecified atom stereocenters. The van der Waals surface area contributed by atoms with E-state index in [0.717, 1.165) is 16.9 Å². The van der Waals surface area contributed by atoms with Crippen LogP contribution >= 0.6 is 0 Å². The number of aromatic amines is 1. The molecule has 1 atom stereocenters. The standard InChI is InChI=1S/C20H18F3N5O.C2HF3O2/c1-28(2)18-4-3-12(10-25-18)14-7-11(5-6-24-14)15-8-13-16(26-15)9-17(20(21,22)23)27-19(13)29;3-2(4,5)1(6)7/h3-8,10,17,26H,9H2,1-2H3,(H,27,29);(H,6,7). The largest absolute Gasteiger partial charge is 0.490 e. The van der Waals surface area contributed by atoms with Gasteiger partial charge in [-0.05, 0) is 30.3 Å². The van der Waals surface area contributed by atoms with Gasteiger partial charge in [-0.1, -0.05) is 0 Å². The summed E-state index contributed by atoms with van der Waals surface area (Å²) in [5.74, 6) is -2.67. The lowest BCUT2D eigenvalue weighted by atomic mass is 10.0. The number of alkyl halides is 6. The van der Waals surface area contributed by atoms with Gasteiger partial charge in [0.25, 0.3) is 5.91 Å². The molecule has 3 aromatic rings. The molecule has 3 aromatic heterocycles. The van der Waals surface area contributed by atoms with Crippen LogP contribution in [0.1, 0.15) is 16.1 Å². The minimum absolute atomic E-state index is 0.232. The third-order valence-electron chi connectivity index (χ3n) is 5.07. The molecule has 0 aromatic carbocycles. The summed E-state index contributed by atoms with van der Waals surface area (Å²) >= 11 is 0. The second kappa shape index (κ2) is 9.87. The molecule has 0 radical (unpaired) electrons. The topological polar surface area (TPSA) is 111 Å². The molecule has 1 amide bonds. The number of aliphatic carboxylic acids is 1. The van der Waals surface area contributed by atoms with Crippen molar-refractivity contribution in [2.75, 3.05) is 19.0 Å². The van der Waals surface area contributed by atoms with Crippen molar-refractivity contribution >= 4 is 17.7 Å². The Hall–Kier alpha value is -4.10. The molecule has 4 heterocycles. The van der Waals surface area contributed by atoms with Crippen LogP contribution in [-0.2, 0) is 11.2 Å². The van der Waals surface area contributed by atoms with Crippen molar-refractivity contribution in [3.05, 3.63) is 54.0 Å². The first-order chi connectivity index (χ1) is 16.7. The highest BCUT2D eigenvalue weighted by atomic mass is 19.4. The smallest absolute Gasteiger partial charge is 0.475 e. The van der Waals surface area contributed by atoms with E-state index < -0.39 is 30.3 Å². The summed E-state index contributed by atoms with van der Waals surface area (Å²) in [6.07, 6.45) is -6.57. The van der Waals surface area contributed by atoms with E-state index in [9.17, 15) is 31.1 Å². The van der Waals surface area contributed by atoms with Gasteiger partial charge in [-0.25, -0.2) is 9.78 Å². The van der Waals surface area contributed by atoms with Gasteiger partial charge in [-0.3, -0.25) is 9.78 Å². The first-order valence-electron chi connectivity index (χ1n) is 10.2. The first kappa shape index (κ1) is 26.5. The molecule has 3 N–H and O–H groups in total. The number of rotatable bonds is 3. The third-order valence-corrected chi connectivity index (χ3v) is 5.07. The highest BCUT2D eigenvalue weighted by molar-refractivity contribution is 5.98. The lowest BCUT2D eigenvalue weighted by Crippen LogP contribution is -2.49. The van der Waals surface area contributed by atoms with Crippen molar-refractivity contribution in [2.24, 2.45) is 0 Å². The minimum atomic E-state index is -5.08. The number of carboxylic acids is 1. The molecule has 0 bridgehead atoms. The molecule has 0 saturated carbocycles. The van der Waals surface area contributed by atoms with Crippen LogP contribution in [0.2, 0.25) is 0 Å². The van der Waals surface area contributed by atoms with Crippen molar-refractivity contribution in [2.45, 2.75) is 24.8 Å². The second-order valence-electron chi connectivity index (χ2n) is 7.88. The van der Waals surface area contributed by atoms with Crippen molar-refractivity contribution in [3.8, 4) is 22.5 Å². The number of aromatic nitrogens is 3. The number of nitrogens with one attached hydrogen (secondary N) is 2. The van der Waals surface area contributed by atoms with Gasteiger partial charge >= 0.3 is 18.3 Å². The number of anilines is 1. The maximum Gasteiger partial charge on any atom is 0.490 e. The molecular weight excluding hydrogens is 496 g/mol. The second-order valence-corrected chi connectivity index (χ2v) is 7.88. The fourth-order valence-corrected chi connectivity index (χ4v) is 3.26. The van der Waals surface area contributed by atoms with Crippen LogP contribution in [0.15, 0.2) is 42.7 Å². The van der Waals surface area contributed by atoms with Gasteiger partial charge in [0, 0.05) is 55.4 Å². The number of halogens is 6. The molecular formula is C22H19F6N5O3. The zero-order chi connectivity index (χ0) is 26.8. The highest BCUT2D eigenvalue weighted by Gasteiger charge is 2.44. The molecule has 4 rings (SSSR count). The SMILES string of the molecule is CN(C)c1ccc(-c2cc(-c3cc4c([nH]3)CC(C(F)(F)F)NC4=O)ccn2)cn1.O=C(O)C(F)(F)F. The minimum Gasteiger partial charge on any atom is -0.475 e. The summed E-state index contributed by atoms with van der Waals surface area (Å²) in [5.41, 5.74) is 3.28. The molecule has 1 aliphatic rings. The van der Waals surface area contributed by atoms with Crippen LogP contribution in [0, 0.1) is 0 Å². The monoisotopic (exact) mass is 515 g/mol. The Balaban J connectivity index is 0.000000454. The molecule has 36 heavy (non-hydrogen) atoms. The molecule has 14 heteroatoms. The Morgan fingerprint density at radius 3 is 2.25 bits per heavy atom. The third kappa shape index (κ3) is 6.12. The van der Waals surface area contributed by atoms with E-state index in [1.165, 1.54) is 0 Å². The van der Waals surface area contributed by atoms with E-state index in [1.54, 1.807) is 24.5 Å². The number of nitrogens with zero attached hydrogens (tertiary/aromatic N) is 3. The fraction of sp³-hybridized carbons (Fsp3) is 0.273. The molecule has 8 nitrogen and oxygen atoms in total. The van der Waals surface area contributed by atoms with E-state index in [2.05, 4.69) is 15.0 Å². The van der Waals surface area contributed by atoms with Gasteiger partial charge in [-0.15, -0.1) is 0 Å². The predicted molar refractivity (Wildman–Crippen MR) is 116 cm³/mol. The normalized spacial score (nSPS) is 15.3. The van der Waals surface area contributed by atoms with Gasteiger partial charge in [-0.2, -0.15) is 26.3 Å². The zero-order valence-electron chi connectivity index (χ0n) is 18.7. The molecule has 1 aliphatic heterocycles. The van der Waals surface area contributed by atoms with Crippen molar-refractivity contribution in [1.29, 1.82) is 0 Å². The molecule has 192 valence electrons. The Labute approximate surface area is 200 Å². The Kier molecular flexibility index (Phi) is 7.27. The zero-order valence-corrected chi connectivity index (χ0v) is 18.7. The Morgan fingerprint density at radius 2 is 1.72 bits per heavy atom.